The van der Waals surface area contributed by atoms with E-state index in [-0.39, 0.29) is 6.42 Å². The van der Waals surface area contributed by atoms with E-state index in [9.17, 15) is 9.59 Å². The van der Waals surface area contributed by atoms with Crippen LogP contribution in [0.2, 0.25) is 0 Å². The molecule has 0 atom stereocenters. The number of rotatable bonds is 10. The Morgan fingerprint density at radius 2 is 2.03 bits per heavy atom. The van der Waals surface area contributed by atoms with Crippen LogP contribution in [0.4, 0.5) is 0 Å². The molecule has 0 fully saturated rings. The third-order valence-electron chi connectivity index (χ3n) is 5.08. The third kappa shape index (κ3) is 4.49. The van der Waals surface area contributed by atoms with Crippen molar-refractivity contribution >= 4 is 17.4 Å². The van der Waals surface area contributed by atoms with Crippen LogP contribution in [0.1, 0.15) is 53.5 Å². The number of aromatic nitrogens is 3. The molecule has 3 aromatic rings. The van der Waals surface area contributed by atoms with Crippen molar-refractivity contribution in [3.63, 3.8) is 0 Å². The van der Waals surface area contributed by atoms with E-state index in [1.165, 1.54) is 6.20 Å². The summed E-state index contributed by atoms with van der Waals surface area (Å²) in [7, 11) is 1.62. The smallest absolute Gasteiger partial charge is 0.303 e. The van der Waals surface area contributed by atoms with Crippen molar-refractivity contribution in [2.24, 2.45) is 5.73 Å². The van der Waals surface area contributed by atoms with Gasteiger partial charge in [0.1, 0.15) is 0 Å². The molecule has 1 amide bonds. The van der Waals surface area contributed by atoms with Gasteiger partial charge in [-0.2, -0.15) is 5.10 Å². The van der Waals surface area contributed by atoms with Crippen LogP contribution in [0.5, 0.6) is 0 Å². The largest absolute Gasteiger partial charge is 0.481 e. The average Bonchev–Trinajstić information content (AvgIpc) is 3.13. The number of fused-ring (bicyclic) bond motifs is 1. The monoisotopic (exact) mass is 410 g/mol. The molecular weight excluding hydrogens is 384 g/mol. The number of nitrogens with two attached hydrogens (primary N) is 1. The van der Waals surface area contributed by atoms with E-state index in [0.29, 0.717) is 31.4 Å². The van der Waals surface area contributed by atoms with E-state index < -0.39 is 11.9 Å². The summed E-state index contributed by atoms with van der Waals surface area (Å²) in [5.41, 5.74) is 11.2. The van der Waals surface area contributed by atoms with E-state index >= 15 is 0 Å². The maximum Gasteiger partial charge on any atom is 0.303 e. The second-order valence-electron chi connectivity index (χ2n) is 7.14. The number of hydrogen-bond donors (Lipinski definition) is 2. The van der Waals surface area contributed by atoms with Gasteiger partial charge in [-0.05, 0) is 49.4 Å². The molecule has 0 aliphatic heterocycles. The first-order valence-electron chi connectivity index (χ1n) is 9.94. The molecule has 8 nitrogen and oxygen atoms in total. The van der Waals surface area contributed by atoms with E-state index in [1.807, 2.05) is 16.6 Å². The molecule has 3 heterocycles. The number of unbranched alkanes of at least 4 members (excludes halogenated alkanes) is 1. The topological polar surface area (TPSA) is 120 Å². The first kappa shape index (κ1) is 21.4. The highest BCUT2D eigenvalue weighted by atomic mass is 16.5. The molecule has 0 saturated carbocycles. The van der Waals surface area contributed by atoms with Gasteiger partial charge in [-0.3, -0.25) is 14.6 Å². The van der Waals surface area contributed by atoms with Crippen LogP contribution in [0, 0.1) is 0 Å². The molecule has 30 heavy (non-hydrogen) atoms. The maximum absolute atomic E-state index is 11.7. The lowest BCUT2D eigenvalue weighted by atomic mass is 9.94. The second-order valence-corrected chi connectivity index (χ2v) is 7.14. The average molecular weight is 410 g/mol. The number of primary amides is 1. The van der Waals surface area contributed by atoms with Crippen molar-refractivity contribution in [2.45, 2.75) is 45.6 Å². The summed E-state index contributed by atoms with van der Waals surface area (Å²) in [6, 6.07) is 5.78. The predicted octanol–water partition coefficient (Wildman–Crippen LogP) is 3.00. The van der Waals surface area contributed by atoms with Crippen molar-refractivity contribution in [2.75, 3.05) is 7.11 Å². The van der Waals surface area contributed by atoms with Gasteiger partial charge in [0, 0.05) is 42.7 Å². The van der Waals surface area contributed by atoms with Crippen LogP contribution < -0.4 is 5.73 Å². The number of methoxy groups -OCH3 is 1. The lowest BCUT2D eigenvalue weighted by Crippen LogP contribution is -2.12. The molecule has 0 radical (unpaired) electrons. The molecule has 0 saturated heterocycles. The number of aliphatic carboxylic acids is 1. The molecule has 0 spiro atoms. The van der Waals surface area contributed by atoms with Crippen molar-refractivity contribution in [3.05, 3.63) is 53.1 Å². The molecule has 0 aliphatic rings. The quantitative estimate of drug-likeness (QED) is 0.496. The predicted molar refractivity (Wildman–Crippen MR) is 112 cm³/mol. The fourth-order valence-corrected chi connectivity index (χ4v) is 3.66. The van der Waals surface area contributed by atoms with Crippen LogP contribution in [0.25, 0.3) is 16.6 Å². The van der Waals surface area contributed by atoms with Gasteiger partial charge < -0.3 is 15.6 Å². The number of pyridine rings is 1. The third-order valence-corrected chi connectivity index (χ3v) is 5.08. The zero-order valence-electron chi connectivity index (χ0n) is 17.2. The van der Waals surface area contributed by atoms with Crippen LogP contribution >= 0.6 is 0 Å². The number of carbonyl (C=O) groups excluding carboxylic acids is 1. The van der Waals surface area contributed by atoms with Gasteiger partial charge in [-0.1, -0.05) is 6.92 Å². The Morgan fingerprint density at radius 1 is 1.23 bits per heavy atom. The first-order chi connectivity index (χ1) is 14.5. The van der Waals surface area contributed by atoms with E-state index in [1.54, 1.807) is 19.4 Å². The SMILES string of the molecule is CCc1ccc2c(-c3cncc(C(N)=O)c3)c(CCCCC(=O)O)c(COC)nn12. The Balaban J connectivity index is 2.20. The molecule has 3 aromatic heterocycles. The molecule has 0 aliphatic carbocycles. The van der Waals surface area contributed by atoms with Crippen LogP contribution in [0.3, 0.4) is 0 Å². The normalized spacial score (nSPS) is 11.1. The van der Waals surface area contributed by atoms with Gasteiger partial charge in [0.05, 0.1) is 23.4 Å². The number of carbonyl (C=O) groups is 2. The minimum absolute atomic E-state index is 0.119. The van der Waals surface area contributed by atoms with Gasteiger partial charge in [0.25, 0.3) is 0 Å². The van der Waals surface area contributed by atoms with Crippen molar-refractivity contribution in [1.82, 2.24) is 14.6 Å². The zero-order valence-corrected chi connectivity index (χ0v) is 17.2. The Morgan fingerprint density at radius 3 is 2.70 bits per heavy atom. The minimum atomic E-state index is -0.807. The summed E-state index contributed by atoms with van der Waals surface area (Å²) in [5, 5.41) is 13.8. The summed E-state index contributed by atoms with van der Waals surface area (Å²) in [6.07, 6.45) is 5.97. The second kappa shape index (κ2) is 9.49. The van der Waals surface area contributed by atoms with Gasteiger partial charge >= 0.3 is 5.97 Å². The number of nitrogens with zero attached hydrogens (tertiary/aromatic N) is 3. The lowest BCUT2D eigenvalue weighted by Gasteiger charge is -2.17. The number of carboxylic acids is 1. The molecule has 3 rings (SSSR count). The summed E-state index contributed by atoms with van der Waals surface area (Å²) in [4.78, 5) is 26.8. The van der Waals surface area contributed by atoms with Crippen LogP contribution in [0.15, 0.2) is 30.6 Å². The maximum atomic E-state index is 11.7. The van der Waals surface area contributed by atoms with Gasteiger partial charge in [0.2, 0.25) is 5.91 Å². The van der Waals surface area contributed by atoms with E-state index in [4.69, 9.17) is 20.7 Å². The standard InChI is InChI=1S/C22H26N4O4/c1-3-16-8-9-19-21(14-10-15(22(23)29)12-24-11-14)17(6-4-5-7-20(27)28)18(13-30-2)25-26(16)19/h8-12H,3-7,13H2,1-2H3,(H2,23,29)(H,27,28). The molecule has 0 aromatic carbocycles. The Bertz CT molecular complexity index is 1070. The van der Waals surface area contributed by atoms with Crippen molar-refractivity contribution in [3.8, 4) is 11.1 Å². The Labute approximate surface area is 174 Å². The fourth-order valence-electron chi connectivity index (χ4n) is 3.66. The number of ether oxygens (including phenoxy) is 1. The first-order valence-corrected chi connectivity index (χ1v) is 9.94. The van der Waals surface area contributed by atoms with E-state index in [2.05, 4.69) is 11.9 Å². The molecule has 0 bridgehead atoms. The minimum Gasteiger partial charge on any atom is -0.481 e. The lowest BCUT2D eigenvalue weighted by molar-refractivity contribution is -0.137. The molecule has 3 N–H and O–H groups in total. The van der Waals surface area contributed by atoms with Crippen LogP contribution in [-0.2, 0) is 29.0 Å². The highest BCUT2D eigenvalue weighted by Crippen LogP contribution is 2.33. The summed E-state index contributed by atoms with van der Waals surface area (Å²) >= 11 is 0. The molecule has 0 unspecified atom stereocenters. The van der Waals surface area contributed by atoms with Crippen LogP contribution in [-0.4, -0.2) is 38.7 Å². The van der Waals surface area contributed by atoms with Gasteiger partial charge in [-0.15, -0.1) is 0 Å². The number of aryl methyl sites for hydroxylation is 1. The Hall–Kier alpha value is -3.26. The van der Waals surface area contributed by atoms with Crippen molar-refractivity contribution in [1.29, 1.82) is 0 Å². The van der Waals surface area contributed by atoms with Gasteiger partial charge in [-0.25, -0.2) is 4.52 Å². The number of amides is 1. The summed E-state index contributed by atoms with van der Waals surface area (Å²) in [5.74, 6) is -1.35. The van der Waals surface area contributed by atoms with Crippen molar-refractivity contribution < 1.29 is 19.4 Å². The molecular formula is C22H26N4O4. The highest BCUT2D eigenvalue weighted by molar-refractivity contribution is 5.95. The molecule has 8 heteroatoms. The zero-order chi connectivity index (χ0) is 21.7. The summed E-state index contributed by atoms with van der Waals surface area (Å²) < 4.78 is 7.31. The van der Waals surface area contributed by atoms with Gasteiger partial charge in [0.15, 0.2) is 0 Å². The molecule has 158 valence electrons. The highest BCUT2D eigenvalue weighted by Gasteiger charge is 2.19. The number of hydrogen-bond acceptors (Lipinski definition) is 5. The fraction of sp³-hybridized carbons (Fsp3) is 0.364. The number of carboxylic acid groups (broad SMARTS) is 1. The Kier molecular flexibility index (Phi) is 6.79. The summed E-state index contributed by atoms with van der Waals surface area (Å²) in [6.45, 7) is 2.38. The van der Waals surface area contributed by atoms with E-state index in [0.717, 1.165) is 40.0 Å².